The molecule has 3 heteroatoms. The third kappa shape index (κ3) is 2.80. The van der Waals surface area contributed by atoms with Crippen LogP contribution < -0.4 is 0 Å². The molecule has 3 nitrogen and oxygen atoms in total. The second-order valence-corrected chi connectivity index (χ2v) is 4.03. The fraction of sp³-hybridized carbons (Fsp3) is 0.417. The van der Waals surface area contributed by atoms with E-state index >= 15 is 0 Å². The van der Waals surface area contributed by atoms with Crippen LogP contribution in [0.2, 0.25) is 0 Å². The SMILES string of the molecule is O=C(O)CC1(OCc2ccccc2)CC1. The number of rotatable bonds is 5. The van der Waals surface area contributed by atoms with E-state index in [1.807, 2.05) is 30.3 Å². The molecule has 1 aromatic rings. The lowest BCUT2D eigenvalue weighted by Gasteiger charge is -2.13. The van der Waals surface area contributed by atoms with Crippen LogP contribution in [0, 0.1) is 0 Å². The number of carbonyl (C=O) groups is 1. The second kappa shape index (κ2) is 4.03. The van der Waals surface area contributed by atoms with Gasteiger partial charge in [0.25, 0.3) is 0 Å². The molecule has 0 radical (unpaired) electrons. The van der Waals surface area contributed by atoms with Crippen molar-refractivity contribution in [3.63, 3.8) is 0 Å². The zero-order valence-corrected chi connectivity index (χ0v) is 8.48. The Morgan fingerprint density at radius 3 is 2.53 bits per heavy atom. The van der Waals surface area contributed by atoms with Crippen LogP contribution in [0.4, 0.5) is 0 Å². The summed E-state index contributed by atoms with van der Waals surface area (Å²) in [6.45, 7) is 0.508. The summed E-state index contributed by atoms with van der Waals surface area (Å²) in [5.41, 5.74) is 0.718. The molecule has 0 saturated heterocycles. The first-order chi connectivity index (χ1) is 7.20. The van der Waals surface area contributed by atoms with Crippen molar-refractivity contribution < 1.29 is 14.6 Å². The minimum Gasteiger partial charge on any atom is -0.481 e. The van der Waals surface area contributed by atoms with Gasteiger partial charge in [0, 0.05) is 0 Å². The van der Waals surface area contributed by atoms with Crippen molar-refractivity contribution in [3.8, 4) is 0 Å². The maximum Gasteiger partial charge on any atom is 0.306 e. The molecule has 0 unspecified atom stereocenters. The van der Waals surface area contributed by atoms with Gasteiger partial charge in [-0.15, -0.1) is 0 Å². The average molecular weight is 206 g/mol. The predicted octanol–water partition coefficient (Wildman–Crippen LogP) is 2.21. The molecule has 2 rings (SSSR count). The van der Waals surface area contributed by atoms with Crippen molar-refractivity contribution in [2.45, 2.75) is 31.5 Å². The van der Waals surface area contributed by atoms with E-state index in [9.17, 15) is 4.79 Å². The summed E-state index contributed by atoms with van der Waals surface area (Å²) in [4.78, 5) is 10.6. The number of aliphatic carboxylic acids is 1. The molecule has 0 amide bonds. The Hall–Kier alpha value is -1.35. The highest BCUT2D eigenvalue weighted by atomic mass is 16.5. The van der Waals surface area contributed by atoms with E-state index in [2.05, 4.69) is 0 Å². The summed E-state index contributed by atoms with van der Waals surface area (Å²) in [5, 5.41) is 8.71. The van der Waals surface area contributed by atoms with E-state index in [1.54, 1.807) is 0 Å². The van der Waals surface area contributed by atoms with Crippen LogP contribution in [0.25, 0.3) is 0 Å². The molecule has 0 heterocycles. The van der Waals surface area contributed by atoms with Gasteiger partial charge in [-0.2, -0.15) is 0 Å². The topological polar surface area (TPSA) is 46.5 Å². The van der Waals surface area contributed by atoms with Gasteiger partial charge in [-0.05, 0) is 18.4 Å². The van der Waals surface area contributed by atoms with E-state index in [-0.39, 0.29) is 12.0 Å². The van der Waals surface area contributed by atoms with Gasteiger partial charge in [0.2, 0.25) is 0 Å². The standard InChI is InChI=1S/C12H14O3/c13-11(14)8-12(6-7-12)15-9-10-4-2-1-3-5-10/h1-5H,6-9H2,(H,13,14). The quantitative estimate of drug-likeness (QED) is 0.803. The van der Waals surface area contributed by atoms with E-state index < -0.39 is 5.97 Å². The van der Waals surface area contributed by atoms with Gasteiger partial charge in [0.05, 0.1) is 18.6 Å². The van der Waals surface area contributed by atoms with Gasteiger partial charge >= 0.3 is 5.97 Å². The first-order valence-corrected chi connectivity index (χ1v) is 5.10. The molecule has 0 aliphatic heterocycles. The summed E-state index contributed by atoms with van der Waals surface area (Å²) < 4.78 is 5.66. The van der Waals surface area contributed by atoms with Crippen molar-refractivity contribution in [1.29, 1.82) is 0 Å². The molecule has 1 fully saturated rings. The molecule has 0 spiro atoms. The van der Waals surface area contributed by atoms with Gasteiger partial charge in [0.15, 0.2) is 0 Å². The van der Waals surface area contributed by atoms with Crippen molar-refractivity contribution >= 4 is 5.97 Å². The fourth-order valence-electron chi connectivity index (χ4n) is 1.60. The molecule has 1 N–H and O–H groups in total. The lowest BCUT2D eigenvalue weighted by Crippen LogP contribution is -2.18. The number of carboxylic acid groups (broad SMARTS) is 1. The van der Waals surface area contributed by atoms with Gasteiger partial charge < -0.3 is 9.84 Å². The molecule has 0 aromatic heterocycles. The van der Waals surface area contributed by atoms with Gasteiger partial charge in [-0.1, -0.05) is 30.3 Å². The Balaban J connectivity index is 1.86. The summed E-state index contributed by atoms with van der Waals surface area (Å²) in [6.07, 6.45) is 1.86. The molecular formula is C12H14O3. The summed E-state index contributed by atoms with van der Waals surface area (Å²) in [7, 11) is 0. The molecule has 1 aromatic carbocycles. The van der Waals surface area contributed by atoms with Gasteiger partial charge in [-0.25, -0.2) is 0 Å². The van der Waals surface area contributed by atoms with E-state index in [0.717, 1.165) is 18.4 Å². The van der Waals surface area contributed by atoms with E-state index in [0.29, 0.717) is 6.61 Å². The monoisotopic (exact) mass is 206 g/mol. The molecule has 15 heavy (non-hydrogen) atoms. The van der Waals surface area contributed by atoms with Crippen LogP contribution in [-0.2, 0) is 16.1 Å². The normalized spacial score (nSPS) is 17.3. The number of ether oxygens (including phenoxy) is 1. The fourth-order valence-corrected chi connectivity index (χ4v) is 1.60. The van der Waals surface area contributed by atoms with E-state index in [1.165, 1.54) is 0 Å². The van der Waals surface area contributed by atoms with Crippen LogP contribution in [0.15, 0.2) is 30.3 Å². The number of benzene rings is 1. The number of hydrogen-bond acceptors (Lipinski definition) is 2. The van der Waals surface area contributed by atoms with Crippen LogP contribution in [0.5, 0.6) is 0 Å². The Labute approximate surface area is 88.7 Å². The second-order valence-electron chi connectivity index (χ2n) is 4.03. The molecule has 80 valence electrons. The highest BCUT2D eigenvalue weighted by Gasteiger charge is 2.45. The molecule has 0 bridgehead atoms. The maximum atomic E-state index is 10.6. The molecule has 1 aliphatic carbocycles. The zero-order chi connectivity index (χ0) is 10.7. The zero-order valence-electron chi connectivity index (χ0n) is 8.48. The van der Waals surface area contributed by atoms with Gasteiger partial charge in [-0.3, -0.25) is 4.79 Å². The van der Waals surface area contributed by atoms with Crippen molar-refractivity contribution in [2.75, 3.05) is 0 Å². The van der Waals surface area contributed by atoms with Crippen LogP contribution in [0.1, 0.15) is 24.8 Å². The Morgan fingerprint density at radius 2 is 2.00 bits per heavy atom. The first kappa shape index (κ1) is 10.2. The Kier molecular flexibility index (Phi) is 2.73. The summed E-state index contributed by atoms with van der Waals surface area (Å²) >= 11 is 0. The van der Waals surface area contributed by atoms with Crippen LogP contribution in [0.3, 0.4) is 0 Å². The Morgan fingerprint density at radius 1 is 1.33 bits per heavy atom. The average Bonchev–Trinajstić information content (AvgIpc) is 2.96. The first-order valence-electron chi connectivity index (χ1n) is 5.10. The molecular weight excluding hydrogens is 192 g/mol. The van der Waals surface area contributed by atoms with Crippen LogP contribution in [-0.4, -0.2) is 16.7 Å². The maximum absolute atomic E-state index is 10.6. The largest absolute Gasteiger partial charge is 0.481 e. The minimum atomic E-state index is -0.777. The van der Waals surface area contributed by atoms with Crippen molar-refractivity contribution in [1.82, 2.24) is 0 Å². The molecule has 0 atom stereocenters. The lowest BCUT2D eigenvalue weighted by molar-refractivity contribution is -0.141. The van der Waals surface area contributed by atoms with Gasteiger partial charge in [0.1, 0.15) is 0 Å². The minimum absolute atomic E-state index is 0.125. The Bertz CT molecular complexity index is 341. The third-order valence-electron chi connectivity index (χ3n) is 2.67. The third-order valence-corrected chi connectivity index (χ3v) is 2.67. The summed E-state index contributed by atoms with van der Waals surface area (Å²) in [6, 6.07) is 9.83. The number of carboxylic acids is 1. The number of hydrogen-bond donors (Lipinski definition) is 1. The van der Waals surface area contributed by atoms with Crippen molar-refractivity contribution in [2.24, 2.45) is 0 Å². The molecule has 1 aliphatic rings. The molecule has 1 saturated carbocycles. The van der Waals surface area contributed by atoms with Crippen LogP contribution >= 0.6 is 0 Å². The highest BCUT2D eigenvalue weighted by molar-refractivity contribution is 5.68. The predicted molar refractivity (Wildman–Crippen MR) is 55.4 cm³/mol. The van der Waals surface area contributed by atoms with Crippen molar-refractivity contribution in [3.05, 3.63) is 35.9 Å². The van der Waals surface area contributed by atoms with E-state index in [4.69, 9.17) is 9.84 Å². The smallest absolute Gasteiger partial charge is 0.306 e. The lowest BCUT2D eigenvalue weighted by atomic mass is 10.2. The summed E-state index contributed by atoms with van der Waals surface area (Å²) in [5.74, 6) is -0.777. The highest BCUT2D eigenvalue weighted by Crippen LogP contribution is 2.43.